The minimum Gasteiger partial charge on any atom is -0.482 e. The van der Waals surface area contributed by atoms with Crippen molar-refractivity contribution in [2.24, 2.45) is 5.92 Å². The summed E-state index contributed by atoms with van der Waals surface area (Å²) in [7, 11) is 0. The first-order valence-electron chi connectivity index (χ1n) is 12.0. The Morgan fingerprint density at radius 2 is 1.92 bits per heavy atom. The summed E-state index contributed by atoms with van der Waals surface area (Å²) < 4.78 is 7.01. The number of aliphatic hydroxyl groups is 2. The maximum Gasteiger partial charge on any atom is 0.247 e. The standard InChI is InChI=1S/C27H31Cl2IN2O5/c1-16(2)11-25(34)32(15-17-7-8-19(28)20(29)12-17)22-13-18(27(36)31-9-10-33)14-24(26(22)35)37-23-6-4-3-5-21(23)30/h3-8,12,14,16,22,24,26,33,35H,9-11,13,15H2,1-2H3,(H,31,36). The summed E-state index contributed by atoms with van der Waals surface area (Å²) in [5.74, 6) is 0.109. The number of para-hydroxylation sites is 1. The van der Waals surface area contributed by atoms with Crippen LogP contribution in [-0.4, -0.2) is 58.3 Å². The van der Waals surface area contributed by atoms with E-state index >= 15 is 0 Å². The van der Waals surface area contributed by atoms with Crippen LogP contribution in [0.4, 0.5) is 0 Å². The average molecular weight is 661 g/mol. The number of aliphatic hydroxyl groups excluding tert-OH is 2. The van der Waals surface area contributed by atoms with E-state index in [1.807, 2.05) is 32.0 Å². The van der Waals surface area contributed by atoms with Crippen LogP contribution < -0.4 is 10.1 Å². The van der Waals surface area contributed by atoms with E-state index in [9.17, 15) is 14.7 Å². The quantitative estimate of drug-likeness (QED) is 0.324. The number of rotatable bonds is 10. The summed E-state index contributed by atoms with van der Waals surface area (Å²) in [6.45, 7) is 3.95. The highest BCUT2D eigenvalue weighted by Gasteiger charge is 2.40. The van der Waals surface area contributed by atoms with Crippen LogP contribution in [0.3, 0.4) is 0 Å². The molecular weight excluding hydrogens is 630 g/mol. The molecule has 3 N–H and O–H groups in total. The van der Waals surface area contributed by atoms with Crippen molar-refractivity contribution >= 4 is 57.6 Å². The molecule has 0 radical (unpaired) electrons. The van der Waals surface area contributed by atoms with E-state index in [1.54, 1.807) is 35.2 Å². The number of halogens is 3. The van der Waals surface area contributed by atoms with E-state index in [4.69, 9.17) is 33.0 Å². The molecule has 0 saturated carbocycles. The van der Waals surface area contributed by atoms with E-state index in [0.29, 0.717) is 21.4 Å². The van der Waals surface area contributed by atoms with Crippen LogP contribution in [0.5, 0.6) is 5.75 Å². The van der Waals surface area contributed by atoms with Gasteiger partial charge in [-0.3, -0.25) is 9.59 Å². The monoisotopic (exact) mass is 660 g/mol. The van der Waals surface area contributed by atoms with Crippen molar-refractivity contribution < 1.29 is 24.5 Å². The summed E-state index contributed by atoms with van der Waals surface area (Å²) in [5.41, 5.74) is 1.12. The molecule has 200 valence electrons. The van der Waals surface area contributed by atoms with Crippen molar-refractivity contribution in [2.75, 3.05) is 13.2 Å². The maximum absolute atomic E-state index is 13.5. The summed E-state index contributed by atoms with van der Waals surface area (Å²) in [4.78, 5) is 28.0. The topological polar surface area (TPSA) is 99.1 Å². The van der Waals surface area contributed by atoms with Crippen molar-refractivity contribution in [3.05, 3.63) is 73.3 Å². The van der Waals surface area contributed by atoms with Gasteiger partial charge in [0.2, 0.25) is 11.8 Å². The minimum atomic E-state index is -1.11. The second kappa shape index (κ2) is 13.8. The van der Waals surface area contributed by atoms with E-state index < -0.39 is 18.2 Å². The summed E-state index contributed by atoms with van der Waals surface area (Å²) in [6.07, 6.45) is -0.00384. The molecule has 0 heterocycles. The second-order valence-electron chi connectivity index (χ2n) is 9.31. The second-order valence-corrected chi connectivity index (χ2v) is 11.3. The third-order valence-corrected chi connectivity index (χ3v) is 7.58. The summed E-state index contributed by atoms with van der Waals surface area (Å²) >= 11 is 14.5. The molecular formula is C27H31Cl2IN2O5. The van der Waals surface area contributed by atoms with Crippen molar-refractivity contribution in [3.63, 3.8) is 0 Å². The van der Waals surface area contributed by atoms with Gasteiger partial charge in [-0.1, -0.05) is 55.2 Å². The zero-order valence-electron chi connectivity index (χ0n) is 20.7. The van der Waals surface area contributed by atoms with E-state index in [1.165, 1.54) is 0 Å². The number of benzene rings is 2. The third kappa shape index (κ3) is 8.07. The molecule has 1 aliphatic rings. The molecule has 0 fully saturated rings. The fourth-order valence-corrected chi connectivity index (χ4v) is 4.99. The highest BCUT2D eigenvalue weighted by atomic mass is 127. The van der Waals surface area contributed by atoms with Gasteiger partial charge in [0.05, 0.1) is 26.3 Å². The Hall–Kier alpha value is -1.85. The summed E-state index contributed by atoms with van der Waals surface area (Å²) in [5, 5.41) is 24.1. The Bertz CT molecular complexity index is 1140. The SMILES string of the molecule is CC(C)CC(=O)N(Cc1ccc(Cl)c(Cl)c1)C1CC(C(=O)NCCO)=CC(Oc2ccccc2I)C1O. The molecule has 0 spiro atoms. The van der Waals surface area contributed by atoms with Crippen molar-refractivity contribution in [1.29, 1.82) is 0 Å². The first-order chi connectivity index (χ1) is 17.6. The highest BCUT2D eigenvalue weighted by molar-refractivity contribution is 14.1. The van der Waals surface area contributed by atoms with Crippen LogP contribution in [0.1, 0.15) is 32.3 Å². The Balaban J connectivity index is 1.99. The van der Waals surface area contributed by atoms with E-state index in [2.05, 4.69) is 27.9 Å². The molecule has 0 aromatic heterocycles. The van der Waals surface area contributed by atoms with Crippen molar-refractivity contribution in [1.82, 2.24) is 10.2 Å². The van der Waals surface area contributed by atoms with Gasteiger partial charge >= 0.3 is 0 Å². The van der Waals surface area contributed by atoms with Crippen LogP contribution >= 0.6 is 45.8 Å². The molecule has 7 nitrogen and oxygen atoms in total. The van der Waals surface area contributed by atoms with Crippen LogP contribution in [-0.2, 0) is 16.1 Å². The van der Waals surface area contributed by atoms with Crippen molar-refractivity contribution in [3.8, 4) is 5.75 Å². The molecule has 0 aliphatic heterocycles. The molecule has 37 heavy (non-hydrogen) atoms. The number of nitrogens with zero attached hydrogens (tertiary/aromatic N) is 1. The largest absolute Gasteiger partial charge is 0.482 e. The Kier molecular flexibility index (Phi) is 11.1. The number of carbonyl (C=O) groups is 2. The van der Waals surface area contributed by atoms with Gasteiger partial charge < -0.3 is 25.2 Å². The van der Waals surface area contributed by atoms with Crippen molar-refractivity contribution in [2.45, 2.75) is 51.5 Å². The van der Waals surface area contributed by atoms with Gasteiger partial charge in [0.1, 0.15) is 18.0 Å². The first kappa shape index (κ1) is 29.7. The molecule has 0 bridgehead atoms. The third-order valence-electron chi connectivity index (χ3n) is 5.95. The molecule has 3 atom stereocenters. The molecule has 3 rings (SSSR count). The zero-order valence-corrected chi connectivity index (χ0v) is 24.3. The van der Waals surface area contributed by atoms with Crippen LogP contribution in [0.2, 0.25) is 10.0 Å². The minimum absolute atomic E-state index is 0.0881. The highest BCUT2D eigenvalue weighted by Crippen LogP contribution is 2.32. The molecule has 1 aliphatic carbocycles. The van der Waals surface area contributed by atoms with Gasteiger partial charge in [-0.2, -0.15) is 0 Å². The Morgan fingerprint density at radius 3 is 2.57 bits per heavy atom. The van der Waals surface area contributed by atoms with Gasteiger partial charge in [0.25, 0.3) is 0 Å². The normalized spacial score (nSPS) is 19.4. The fourth-order valence-electron chi connectivity index (χ4n) is 4.16. The zero-order chi connectivity index (χ0) is 27.1. The Labute approximate surface area is 240 Å². The number of hydrogen-bond donors (Lipinski definition) is 3. The molecule has 2 aromatic carbocycles. The van der Waals surface area contributed by atoms with Gasteiger partial charge in [-0.25, -0.2) is 0 Å². The maximum atomic E-state index is 13.5. The first-order valence-corrected chi connectivity index (χ1v) is 13.9. The lowest BCUT2D eigenvalue weighted by Crippen LogP contribution is -2.55. The smallest absolute Gasteiger partial charge is 0.247 e. The predicted molar refractivity (Wildman–Crippen MR) is 153 cm³/mol. The molecule has 0 saturated heterocycles. The molecule has 2 amide bonds. The Morgan fingerprint density at radius 1 is 1.19 bits per heavy atom. The van der Waals surface area contributed by atoms with Crippen LogP contribution in [0.25, 0.3) is 0 Å². The lowest BCUT2D eigenvalue weighted by Gasteiger charge is -2.41. The van der Waals surface area contributed by atoms with Gasteiger partial charge in [-0.05, 0) is 64.4 Å². The van der Waals surface area contributed by atoms with E-state index in [-0.39, 0.29) is 50.3 Å². The van der Waals surface area contributed by atoms with Crippen LogP contribution in [0.15, 0.2) is 54.1 Å². The molecule has 10 heteroatoms. The predicted octanol–water partition coefficient (Wildman–Crippen LogP) is 4.59. The number of carbonyl (C=O) groups excluding carboxylic acids is 2. The fraction of sp³-hybridized carbons (Fsp3) is 0.407. The average Bonchev–Trinajstić information content (AvgIpc) is 2.85. The van der Waals surface area contributed by atoms with Gasteiger partial charge in [0.15, 0.2) is 0 Å². The van der Waals surface area contributed by atoms with Gasteiger partial charge in [0, 0.05) is 31.5 Å². The summed E-state index contributed by atoms with van der Waals surface area (Å²) in [6, 6.07) is 11.8. The molecule has 3 unspecified atom stereocenters. The number of hydrogen-bond acceptors (Lipinski definition) is 5. The number of ether oxygens (including phenoxy) is 1. The lowest BCUT2D eigenvalue weighted by molar-refractivity contribution is -0.140. The van der Waals surface area contributed by atoms with Crippen LogP contribution in [0, 0.1) is 9.49 Å². The van der Waals surface area contributed by atoms with E-state index in [0.717, 1.165) is 9.13 Å². The molecule has 2 aromatic rings. The number of amides is 2. The van der Waals surface area contributed by atoms with Gasteiger partial charge in [-0.15, -0.1) is 0 Å². The lowest BCUT2D eigenvalue weighted by atomic mass is 9.87. The number of nitrogens with one attached hydrogen (secondary N) is 1.